The number of piperazine rings is 1. The summed E-state index contributed by atoms with van der Waals surface area (Å²) >= 11 is 1.59. The zero-order valence-electron chi connectivity index (χ0n) is 13.7. The molecule has 2 aromatic heterocycles. The Labute approximate surface area is 145 Å². The van der Waals surface area contributed by atoms with Gasteiger partial charge in [-0.2, -0.15) is 16.3 Å². The fourth-order valence-corrected chi connectivity index (χ4v) is 3.27. The number of rotatable bonds is 8. The lowest BCUT2D eigenvalue weighted by Crippen LogP contribution is -2.44. The van der Waals surface area contributed by atoms with Crippen LogP contribution in [0, 0.1) is 0 Å². The predicted molar refractivity (Wildman–Crippen MR) is 92.9 cm³/mol. The van der Waals surface area contributed by atoms with Gasteiger partial charge in [-0.15, -0.1) is 0 Å². The van der Waals surface area contributed by atoms with Gasteiger partial charge in [0, 0.05) is 56.5 Å². The number of carbonyl (C=O) groups excluding carboxylic acids is 1. The van der Waals surface area contributed by atoms with Crippen molar-refractivity contribution >= 4 is 17.2 Å². The van der Waals surface area contributed by atoms with E-state index in [4.69, 9.17) is 4.52 Å². The maximum Gasteiger partial charge on any atom is 0.227 e. The molecule has 0 radical (unpaired) electrons. The van der Waals surface area contributed by atoms with E-state index >= 15 is 0 Å². The Hall–Kier alpha value is -1.77. The summed E-state index contributed by atoms with van der Waals surface area (Å²) in [6.45, 7) is 6.06. The van der Waals surface area contributed by atoms with Crippen molar-refractivity contribution < 1.29 is 9.32 Å². The Kier molecular flexibility index (Phi) is 6.33. The standard InChI is InChI=1S/C16H23N5O2S/c22-14(18-5-1-8-21-9-6-17-7-10-21)2-3-15-19-16(20-23-15)13-4-11-24-12-13/h4,11-12,17H,1-3,5-10H2,(H,18,22). The third-order valence-electron chi connectivity index (χ3n) is 4.00. The summed E-state index contributed by atoms with van der Waals surface area (Å²) in [6.07, 6.45) is 1.83. The number of hydrogen-bond donors (Lipinski definition) is 2. The topological polar surface area (TPSA) is 83.3 Å². The number of nitrogens with one attached hydrogen (secondary N) is 2. The highest BCUT2D eigenvalue weighted by Gasteiger charge is 2.11. The van der Waals surface area contributed by atoms with E-state index in [1.54, 1.807) is 11.3 Å². The zero-order valence-corrected chi connectivity index (χ0v) is 14.5. The van der Waals surface area contributed by atoms with Crippen LogP contribution in [0.2, 0.25) is 0 Å². The van der Waals surface area contributed by atoms with Crippen LogP contribution in [-0.4, -0.2) is 60.2 Å². The van der Waals surface area contributed by atoms with Crippen LogP contribution < -0.4 is 10.6 Å². The van der Waals surface area contributed by atoms with Gasteiger partial charge in [-0.05, 0) is 24.4 Å². The molecule has 1 amide bonds. The molecule has 8 heteroatoms. The highest BCUT2D eigenvalue weighted by Crippen LogP contribution is 2.18. The lowest BCUT2D eigenvalue weighted by Gasteiger charge is -2.27. The van der Waals surface area contributed by atoms with Gasteiger partial charge in [0.05, 0.1) is 0 Å². The molecule has 24 heavy (non-hydrogen) atoms. The summed E-state index contributed by atoms with van der Waals surface area (Å²) in [5.74, 6) is 1.13. The molecule has 0 atom stereocenters. The smallest absolute Gasteiger partial charge is 0.227 e. The van der Waals surface area contributed by atoms with Gasteiger partial charge in [-0.3, -0.25) is 4.79 Å². The van der Waals surface area contributed by atoms with Gasteiger partial charge in [0.1, 0.15) is 0 Å². The van der Waals surface area contributed by atoms with Crippen LogP contribution in [0.15, 0.2) is 21.3 Å². The van der Waals surface area contributed by atoms with Crippen molar-refractivity contribution in [3.05, 3.63) is 22.7 Å². The molecule has 1 fully saturated rings. The van der Waals surface area contributed by atoms with E-state index in [1.165, 1.54) is 0 Å². The second kappa shape index (κ2) is 8.91. The third-order valence-corrected chi connectivity index (χ3v) is 4.68. The minimum atomic E-state index is 0.0330. The molecule has 3 rings (SSSR count). The van der Waals surface area contributed by atoms with E-state index in [1.807, 2.05) is 16.8 Å². The third kappa shape index (κ3) is 5.12. The number of nitrogens with zero attached hydrogens (tertiary/aromatic N) is 3. The van der Waals surface area contributed by atoms with Crippen LogP contribution in [0.25, 0.3) is 11.4 Å². The molecule has 0 bridgehead atoms. The Morgan fingerprint density at radius 1 is 1.42 bits per heavy atom. The van der Waals surface area contributed by atoms with E-state index in [-0.39, 0.29) is 5.91 Å². The van der Waals surface area contributed by atoms with Crippen molar-refractivity contribution in [1.82, 2.24) is 25.7 Å². The lowest BCUT2D eigenvalue weighted by molar-refractivity contribution is -0.121. The van der Waals surface area contributed by atoms with Crippen molar-refractivity contribution in [3.8, 4) is 11.4 Å². The monoisotopic (exact) mass is 349 g/mol. The number of carbonyl (C=O) groups is 1. The first-order valence-electron chi connectivity index (χ1n) is 8.36. The number of aromatic nitrogens is 2. The number of thiophene rings is 1. The van der Waals surface area contributed by atoms with Gasteiger partial charge in [-0.1, -0.05) is 5.16 Å². The van der Waals surface area contributed by atoms with Gasteiger partial charge in [0.15, 0.2) is 0 Å². The van der Waals surface area contributed by atoms with Crippen molar-refractivity contribution in [3.63, 3.8) is 0 Å². The average Bonchev–Trinajstić information content (AvgIpc) is 3.29. The van der Waals surface area contributed by atoms with E-state index in [0.29, 0.717) is 31.1 Å². The quantitative estimate of drug-likeness (QED) is 0.696. The summed E-state index contributed by atoms with van der Waals surface area (Å²) in [5.41, 5.74) is 0.951. The van der Waals surface area contributed by atoms with Gasteiger partial charge >= 0.3 is 0 Å². The molecule has 1 aliphatic heterocycles. The van der Waals surface area contributed by atoms with E-state index in [2.05, 4.69) is 25.7 Å². The minimum absolute atomic E-state index is 0.0330. The first-order chi connectivity index (χ1) is 11.8. The summed E-state index contributed by atoms with van der Waals surface area (Å²) in [4.78, 5) is 18.6. The summed E-state index contributed by atoms with van der Waals surface area (Å²) in [6, 6.07) is 1.95. The molecule has 1 aliphatic rings. The van der Waals surface area contributed by atoms with E-state index in [9.17, 15) is 4.79 Å². The summed E-state index contributed by atoms with van der Waals surface area (Å²) < 4.78 is 5.19. The molecular formula is C16H23N5O2S. The second-order valence-corrected chi connectivity index (χ2v) is 6.60. The second-order valence-electron chi connectivity index (χ2n) is 5.82. The Balaban J connectivity index is 1.31. The average molecular weight is 349 g/mol. The highest BCUT2D eigenvalue weighted by molar-refractivity contribution is 7.08. The molecule has 0 spiro atoms. The number of hydrogen-bond acceptors (Lipinski definition) is 7. The van der Waals surface area contributed by atoms with Crippen LogP contribution in [0.5, 0.6) is 0 Å². The molecule has 7 nitrogen and oxygen atoms in total. The Morgan fingerprint density at radius 2 is 2.29 bits per heavy atom. The lowest BCUT2D eigenvalue weighted by atomic mass is 10.2. The Morgan fingerprint density at radius 3 is 3.08 bits per heavy atom. The van der Waals surface area contributed by atoms with Crippen LogP contribution >= 0.6 is 11.3 Å². The molecular weight excluding hydrogens is 326 g/mol. The number of aryl methyl sites for hydroxylation is 1. The first-order valence-corrected chi connectivity index (χ1v) is 9.30. The predicted octanol–water partition coefficient (Wildman–Crippen LogP) is 1.14. The van der Waals surface area contributed by atoms with Crippen molar-refractivity contribution in [1.29, 1.82) is 0 Å². The van der Waals surface area contributed by atoms with Crippen LogP contribution in [0.3, 0.4) is 0 Å². The molecule has 1 saturated heterocycles. The van der Waals surface area contributed by atoms with Gasteiger partial charge in [0.2, 0.25) is 17.6 Å². The first kappa shape index (κ1) is 17.1. The van der Waals surface area contributed by atoms with Crippen LogP contribution in [0.1, 0.15) is 18.7 Å². The van der Waals surface area contributed by atoms with Gasteiger partial charge in [0.25, 0.3) is 0 Å². The van der Waals surface area contributed by atoms with Crippen molar-refractivity contribution in [2.75, 3.05) is 39.3 Å². The molecule has 3 heterocycles. The zero-order chi connectivity index (χ0) is 16.6. The van der Waals surface area contributed by atoms with Crippen LogP contribution in [0.4, 0.5) is 0 Å². The normalized spacial score (nSPS) is 15.5. The maximum atomic E-state index is 11.9. The molecule has 130 valence electrons. The Bertz CT molecular complexity index is 622. The fraction of sp³-hybridized carbons (Fsp3) is 0.562. The van der Waals surface area contributed by atoms with Crippen molar-refractivity contribution in [2.45, 2.75) is 19.3 Å². The van der Waals surface area contributed by atoms with E-state index < -0.39 is 0 Å². The SMILES string of the molecule is O=C(CCc1nc(-c2ccsc2)no1)NCCCN1CCNCC1. The molecule has 2 aromatic rings. The number of amides is 1. The van der Waals surface area contributed by atoms with Gasteiger partial charge in [-0.25, -0.2) is 0 Å². The van der Waals surface area contributed by atoms with Crippen molar-refractivity contribution in [2.24, 2.45) is 0 Å². The fourth-order valence-electron chi connectivity index (χ4n) is 2.64. The molecule has 2 N–H and O–H groups in total. The molecule has 0 aromatic carbocycles. The summed E-state index contributed by atoms with van der Waals surface area (Å²) in [7, 11) is 0. The minimum Gasteiger partial charge on any atom is -0.356 e. The summed E-state index contributed by atoms with van der Waals surface area (Å²) in [5, 5.41) is 14.2. The van der Waals surface area contributed by atoms with Gasteiger partial charge < -0.3 is 20.1 Å². The van der Waals surface area contributed by atoms with Crippen LogP contribution in [-0.2, 0) is 11.2 Å². The molecule has 0 aliphatic carbocycles. The largest absolute Gasteiger partial charge is 0.356 e. The van der Waals surface area contributed by atoms with E-state index in [0.717, 1.165) is 44.7 Å². The highest BCUT2D eigenvalue weighted by atomic mass is 32.1. The molecule has 0 unspecified atom stereocenters. The maximum absolute atomic E-state index is 11.9. The molecule has 0 saturated carbocycles.